The third-order valence-electron chi connectivity index (χ3n) is 5.83. The third kappa shape index (κ3) is 5.55. The quantitative estimate of drug-likeness (QED) is 0.330. The van der Waals surface area contributed by atoms with E-state index in [1.54, 1.807) is 0 Å². The van der Waals surface area contributed by atoms with Gasteiger partial charge >= 0.3 is 0 Å². The molecule has 0 fully saturated rings. The number of aromatic nitrogens is 1. The van der Waals surface area contributed by atoms with Gasteiger partial charge in [-0.2, -0.15) is 0 Å². The predicted octanol–water partition coefficient (Wildman–Crippen LogP) is 6.63. The van der Waals surface area contributed by atoms with Crippen LogP contribution in [-0.2, 0) is 12.8 Å². The summed E-state index contributed by atoms with van der Waals surface area (Å²) in [5.41, 5.74) is 11.9. The van der Waals surface area contributed by atoms with Gasteiger partial charge in [0.15, 0.2) is 5.71 Å². The molecule has 0 spiro atoms. The average molecular weight is 413 g/mol. The molecule has 160 valence electrons. The smallest absolute Gasteiger partial charge is 0.210 e. The van der Waals surface area contributed by atoms with Crippen LogP contribution < -0.4 is 0 Å². The largest absolute Gasteiger partial charge is 0.257 e. The summed E-state index contributed by atoms with van der Waals surface area (Å²) in [4.78, 5) is 9.83. The van der Waals surface area contributed by atoms with Crippen molar-refractivity contribution in [1.82, 2.24) is 4.98 Å². The van der Waals surface area contributed by atoms with E-state index in [4.69, 9.17) is 9.98 Å². The summed E-state index contributed by atoms with van der Waals surface area (Å²) < 4.78 is 2.30. The first kappa shape index (κ1) is 22.6. The van der Waals surface area contributed by atoms with Crippen molar-refractivity contribution in [3.05, 3.63) is 88.2 Å². The maximum absolute atomic E-state index is 4.93. The van der Waals surface area contributed by atoms with Gasteiger partial charge in [0.05, 0.1) is 17.8 Å². The predicted molar refractivity (Wildman–Crippen MR) is 133 cm³/mol. The lowest BCUT2D eigenvalue weighted by molar-refractivity contribution is -0.407. The Kier molecular flexibility index (Phi) is 7.17. The lowest BCUT2D eigenvalue weighted by Gasteiger charge is -2.09. The number of hydrogen-bond acceptors (Lipinski definition) is 2. The molecule has 0 aliphatic rings. The highest BCUT2D eigenvalue weighted by Gasteiger charge is 2.16. The molecule has 0 atom stereocenters. The molecule has 3 heteroatoms. The minimum atomic E-state index is 0.757. The molecule has 0 bridgehead atoms. The van der Waals surface area contributed by atoms with Crippen LogP contribution in [0.2, 0.25) is 0 Å². The van der Waals surface area contributed by atoms with Gasteiger partial charge < -0.3 is 0 Å². The van der Waals surface area contributed by atoms with Crippen LogP contribution in [0.5, 0.6) is 0 Å². The van der Waals surface area contributed by atoms with Gasteiger partial charge in [0.2, 0.25) is 5.69 Å². The van der Waals surface area contributed by atoms with Gasteiger partial charge in [-0.1, -0.05) is 42.5 Å². The summed E-state index contributed by atoms with van der Waals surface area (Å²) in [6.45, 7) is 12.8. The fourth-order valence-corrected chi connectivity index (χ4v) is 4.11. The van der Waals surface area contributed by atoms with Crippen molar-refractivity contribution in [3.63, 3.8) is 0 Å². The Morgan fingerprint density at radius 1 is 0.742 bits per heavy atom. The minimum Gasteiger partial charge on any atom is -0.257 e. The number of aliphatic imine (C=N–C) groups is 1. The second-order valence-corrected chi connectivity index (χ2v) is 8.60. The zero-order valence-electron chi connectivity index (χ0n) is 20.0. The third-order valence-corrected chi connectivity index (χ3v) is 5.83. The number of aryl methyl sites for hydroxylation is 4. The molecule has 3 aromatic rings. The summed E-state index contributed by atoms with van der Waals surface area (Å²) in [5.74, 6) is 0. The number of rotatable bonds is 6. The van der Waals surface area contributed by atoms with Gasteiger partial charge in [-0.15, -0.1) is 0 Å². The number of benzene rings is 2. The first-order chi connectivity index (χ1) is 14.8. The number of para-hydroxylation sites is 2. The van der Waals surface area contributed by atoms with E-state index >= 15 is 0 Å². The summed E-state index contributed by atoms with van der Waals surface area (Å²) >= 11 is 0. The highest BCUT2D eigenvalue weighted by molar-refractivity contribution is 5.87. The lowest BCUT2D eigenvalue weighted by atomic mass is 10.1. The molecule has 2 aromatic carbocycles. The molecule has 0 radical (unpaired) electrons. The minimum absolute atomic E-state index is 0.757. The van der Waals surface area contributed by atoms with Crippen LogP contribution in [0.4, 0.5) is 11.4 Å². The lowest BCUT2D eigenvalue weighted by Crippen LogP contribution is -2.15. The van der Waals surface area contributed by atoms with Crippen LogP contribution in [0.25, 0.3) is 0 Å². The van der Waals surface area contributed by atoms with Crippen molar-refractivity contribution in [2.45, 2.75) is 54.4 Å². The Morgan fingerprint density at radius 2 is 1.23 bits per heavy atom. The molecule has 0 N–H and O–H groups in total. The molecular formula is C28H34N3+. The van der Waals surface area contributed by atoms with Crippen molar-refractivity contribution in [2.75, 3.05) is 7.05 Å². The standard InChI is InChI=1S/C28H34N3/c1-19-11-8-12-20(2)27(19)29-23(5)17-25-15-10-16-26(30-25)18-24(6)31(7)28-21(3)13-9-14-22(28)4/h8-16H,17-18H2,1-7H3/q+1. The van der Waals surface area contributed by atoms with E-state index in [-0.39, 0.29) is 0 Å². The number of pyridine rings is 1. The average Bonchev–Trinajstić information content (AvgIpc) is 2.71. The van der Waals surface area contributed by atoms with Crippen LogP contribution in [0.15, 0.2) is 59.6 Å². The first-order valence-corrected chi connectivity index (χ1v) is 10.9. The maximum Gasteiger partial charge on any atom is 0.210 e. The fraction of sp³-hybridized carbons (Fsp3) is 0.321. The Bertz CT molecular complexity index is 1110. The number of hydrogen-bond donors (Lipinski definition) is 0. The zero-order valence-corrected chi connectivity index (χ0v) is 20.0. The Balaban J connectivity index is 1.81. The van der Waals surface area contributed by atoms with Crippen molar-refractivity contribution in [3.8, 4) is 0 Å². The molecule has 1 aromatic heterocycles. The monoisotopic (exact) mass is 412 g/mol. The van der Waals surface area contributed by atoms with E-state index in [0.717, 1.165) is 35.6 Å². The topological polar surface area (TPSA) is 28.3 Å². The molecule has 31 heavy (non-hydrogen) atoms. The highest BCUT2D eigenvalue weighted by atomic mass is 15.0. The van der Waals surface area contributed by atoms with Crippen molar-refractivity contribution < 1.29 is 4.58 Å². The molecular weight excluding hydrogens is 378 g/mol. The summed E-state index contributed by atoms with van der Waals surface area (Å²) in [6, 6.07) is 19.1. The maximum atomic E-state index is 4.93. The number of nitrogens with zero attached hydrogens (tertiary/aromatic N) is 3. The van der Waals surface area contributed by atoms with E-state index in [9.17, 15) is 0 Å². The molecule has 0 amide bonds. The van der Waals surface area contributed by atoms with Crippen molar-refractivity contribution in [1.29, 1.82) is 0 Å². The van der Waals surface area contributed by atoms with Crippen LogP contribution in [-0.4, -0.2) is 28.0 Å². The van der Waals surface area contributed by atoms with E-state index in [2.05, 4.69) is 108 Å². The first-order valence-electron chi connectivity index (χ1n) is 10.9. The van der Waals surface area contributed by atoms with Crippen LogP contribution in [0.1, 0.15) is 47.5 Å². The van der Waals surface area contributed by atoms with E-state index < -0.39 is 0 Å². The van der Waals surface area contributed by atoms with Gasteiger partial charge in [-0.3, -0.25) is 9.98 Å². The Labute approximate surface area is 187 Å². The summed E-state index contributed by atoms with van der Waals surface area (Å²) in [7, 11) is 2.15. The van der Waals surface area contributed by atoms with Crippen molar-refractivity contribution >= 4 is 22.8 Å². The molecule has 3 nitrogen and oxygen atoms in total. The Hall–Kier alpha value is -3.07. The second kappa shape index (κ2) is 9.82. The second-order valence-electron chi connectivity index (χ2n) is 8.60. The summed E-state index contributed by atoms with van der Waals surface area (Å²) in [6.07, 6.45) is 1.58. The zero-order chi connectivity index (χ0) is 22.5. The van der Waals surface area contributed by atoms with E-state index in [0.29, 0.717) is 0 Å². The van der Waals surface area contributed by atoms with Crippen LogP contribution in [0, 0.1) is 27.7 Å². The molecule has 0 unspecified atom stereocenters. The van der Waals surface area contributed by atoms with Crippen LogP contribution in [0.3, 0.4) is 0 Å². The SMILES string of the molecule is CC(Cc1cccc(CC(C)=[N+](C)c2c(C)cccc2C)n1)=Nc1c(C)cccc1C. The molecule has 3 rings (SSSR count). The van der Waals surface area contributed by atoms with Gasteiger partial charge in [-0.25, -0.2) is 4.58 Å². The van der Waals surface area contributed by atoms with Crippen LogP contribution >= 0.6 is 0 Å². The van der Waals surface area contributed by atoms with E-state index in [1.165, 1.54) is 33.7 Å². The molecule has 0 saturated carbocycles. The van der Waals surface area contributed by atoms with Gasteiger partial charge in [0.1, 0.15) is 7.05 Å². The normalized spacial score (nSPS) is 12.7. The molecule has 0 saturated heterocycles. The summed E-state index contributed by atoms with van der Waals surface area (Å²) in [5, 5.41) is 0. The molecule has 0 aliphatic heterocycles. The Morgan fingerprint density at radius 3 is 1.81 bits per heavy atom. The highest BCUT2D eigenvalue weighted by Crippen LogP contribution is 2.24. The molecule has 0 aliphatic carbocycles. The fourth-order valence-electron chi connectivity index (χ4n) is 4.11. The van der Waals surface area contributed by atoms with Gasteiger partial charge in [0, 0.05) is 35.9 Å². The van der Waals surface area contributed by atoms with Gasteiger partial charge in [-0.05, 0) is 57.9 Å². The van der Waals surface area contributed by atoms with E-state index in [1.807, 2.05) is 0 Å². The van der Waals surface area contributed by atoms with Crippen molar-refractivity contribution in [2.24, 2.45) is 4.99 Å². The molecule has 1 heterocycles. The van der Waals surface area contributed by atoms with Gasteiger partial charge in [0.25, 0.3) is 0 Å².